The third-order valence-electron chi connectivity index (χ3n) is 2.37. The van der Waals surface area contributed by atoms with Crippen LogP contribution < -0.4 is 4.90 Å². The monoisotopic (exact) mass is 179 g/mol. The fraction of sp³-hybridized carbons (Fsp3) is 0.556. The van der Waals surface area contributed by atoms with Crippen LogP contribution in [-0.4, -0.2) is 36.5 Å². The van der Waals surface area contributed by atoms with Gasteiger partial charge in [-0.05, 0) is 18.6 Å². The van der Waals surface area contributed by atoms with E-state index in [1.165, 1.54) is 0 Å². The van der Waals surface area contributed by atoms with Crippen LogP contribution in [0.1, 0.15) is 6.42 Å². The number of hydrogen-bond acceptors (Lipinski definition) is 4. The summed E-state index contributed by atoms with van der Waals surface area (Å²) in [6.07, 6.45) is 2.76. The highest BCUT2D eigenvalue weighted by atomic mass is 16.5. The van der Waals surface area contributed by atoms with E-state index in [9.17, 15) is 0 Å². The third-order valence-corrected chi connectivity index (χ3v) is 2.37. The predicted octanol–water partition coefficient (Wildman–Crippen LogP) is 0.702. The molecule has 1 aromatic rings. The summed E-state index contributed by atoms with van der Waals surface area (Å²) in [6, 6.07) is 4.32. The number of rotatable bonds is 2. The first-order chi connectivity index (χ1) is 6.38. The third kappa shape index (κ3) is 1.78. The van der Waals surface area contributed by atoms with Crippen molar-refractivity contribution in [1.82, 2.24) is 10.2 Å². The molecule has 0 N–H and O–H groups in total. The van der Waals surface area contributed by atoms with E-state index in [1.807, 2.05) is 19.2 Å². The van der Waals surface area contributed by atoms with Crippen molar-refractivity contribution in [2.75, 3.05) is 25.2 Å². The highest BCUT2D eigenvalue weighted by Gasteiger charge is 2.21. The van der Waals surface area contributed by atoms with Crippen molar-refractivity contribution in [2.45, 2.75) is 12.5 Å². The zero-order chi connectivity index (χ0) is 9.10. The Kier molecular flexibility index (Phi) is 2.40. The maximum atomic E-state index is 5.31. The highest BCUT2D eigenvalue weighted by Crippen LogP contribution is 2.16. The van der Waals surface area contributed by atoms with Crippen LogP contribution in [0.15, 0.2) is 18.3 Å². The van der Waals surface area contributed by atoms with Gasteiger partial charge in [0.05, 0.1) is 12.6 Å². The van der Waals surface area contributed by atoms with Crippen molar-refractivity contribution in [3.8, 4) is 0 Å². The summed E-state index contributed by atoms with van der Waals surface area (Å²) in [4.78, 5) is 2.12. The van der Waals surface area contributed by atoms with E-state index in [0.717, 1.165) is 25.5 Å². The Balaban J connectivity index is 2.08. The van der Waals surface area contributed by atoms with Crippen molar-refractivity contribution in [3.05, 3.63) is 18.3 Å². The second kappa shape index (κ2) is 3.70. The van der Waals surface area contributed by atoms with Crippen LogP contribution in [0.25, 0.3) is 0 Å². The Morgan fingerprint density at radius 3 is 3.15 bits per heavy atom. The molecule has 1 aromatic heterocycles. The maximum absolute atomic E-state index is 5.31. The molecular weight excluding hydrogens is 166 g/mol. The minimum atomic E-state index is 0.455. The standard InChI is InChI=1S/C9H13N3O/c1-12(8-4-6-13-7-8)9-3-2-5-10-11-9/h2-3,5,8H,4,6-7H2,1H3. The summed E-state index contributed by atoms with van der Waals surface area (Å²) < 4.78 is 5.31. The molecule has 0 spiro atoms. The van der Waals surface area contributed by atoms with Crippen LogP contribution in [0, 0.1) is 0 Å². The lowest BCUT2D eigenvalue weighted by Gasteiger charge is -2.23. The van der Waals surface area contributed by atoms with Gasteiger partial charge in [-0.15, -0.1) is 5.10 Å². The number of aromatic nitrogens is 2. The predicted molar refractivity (Wildman–Crippen MR) is 49.7 cm³/mol. The first kappa shape index (κ1) is 8.44. The molecule has 4 heteroatoms. The lowest BCUT2D eigenvalue weighted by Crippen LogP contribution is -2.32. The molecule has 2 rings (SSSR count). The van der Waals surface area contributed by atoms with Gasteiger partial charge in [-0.25, -0.2) is 0 Å². The molecule has 0 amide bonds. The van der Waals surface area contributed by atoms with Crippen molar-refractivity contribution in [3.63, 3.8) is 0 Å². The molecule has 0 saturated carbocycles. The quantitative estimate of drug-likeness (QED) is 0.670. The topological polar surface area (TPSA) is 38.2 Å². The first-order valence-corrected chi connectivity index (χ1v) is 4.46. The van der Waals surface area contributed by atoms with Crippen LogP contribution >= 0.6 is 0 Å². The van der Waals surface area contributed by atoms with E-state index < -0.39 is 0 Å². The minimum absolute atomic E-state index is 0.455. The summed E-state index contributed by atoms with van der Waals surface area (Å²) in [6.45, 7) is 1.66. The number of likely N-dealkylation sites (N-methyl/N-ethyl adjacent to an activating group) is 1. The SMILES string of the molecule is CN(c1cccnn1)C1CCOC1. The molecule has 1 aliphatic heterocycles. The summed E-state index contributed by atoms with van der Waals surface area (Å²) >= 11 is 0. The Morgan fingerprint density at radius 1 is 1.62 bits per heavy atom. The normalized spacial score (nSPS) is 21.8. The molecule has 0 aliphatic carbocycles. The number of hydrogen-bond donors (Lipinski definition) is 0. The summed E-state index contributed by atoms with van der Waals surface area (Å²) in [5.41, 5.74) is 0. The Bertz CT molecular complexity index is 259. The van der Waals surface area contributed by atoms with Crippen molar-refractivity contribution >= 4 is 5.82 Å². The first-order valence-electron chi connectivity index (χ1n) is 4.46. The van der Waals surface area contributed by atoms with Crippen LogP contribution in [0.4, 0.5) is 5.82 Å². The van der Waals surface area contributed by atoms with E-state index in [2.05, 4.69) is 15.1 Å². The average Bonchev–Trinajstić information content (AvgIpc) is 2.71. The van der Waals surface area contributed by atoms with Gasteiger partial charge in [-0.1, -0.05) is 0 Å². The molecule has 1 fully saturated rings. The van der Waals surface area contributed by atoms with Gasteiger partial charge in [-0.2, -0.15) is 5.10 Å². The van der Waals surface area contributed by atoms with Crippen molar-refractivity contribution in [2.24, 2.45) is 0 Å². The van der Waals surface area contributed by atoms with Crippen LogP contribution in [0.2, 0.25) is 0 Å². The van der Waals surface area contributed by atoms with Crippen molar-refractivity contribution < 1.29 is 4.74 Å². The molecule has 0 radical (unpaired) electrons. The summed E-state index contributed by atoms with van der Waals surface area (Å²) in [7, 11) is 2.03. The van der Waals surface area contributed by atoms with Gasteiger partial charge < -0.3 is 9.64 Å². The van der Waals surface area contributed by atoms with Gasteiger partial charge in [-0.3, -0.25) is 0 Å². The lowest BCUT2D eigenvalue weighted by molar-refractivity contribution is 0.193. The van der Waals surface area contributed by atoms with E-state index >= 15 is 0 Å². The molecule has 4 nitrogen and oxygen atoms in total. The fourth-order valence-corrected chi connectivity index (χ4v) is 1.50. The lowest BCUT2D eigenvalue weighted by atomic mass is 10.2. The van der Waals surface area contributed by atoms with Gasteiger partial charge in [0.1, 0.15) is 0 Å². The van der Waals surface area contributed by atoms with E-state index in [4.69, 9.17) is 4.74 Å². The molecule has 1 unspecified atom stereocenters. The maximum Gasteiger partial charge on any atom is 0.151 e. The van der Waals surface area contributed by atoms with E-state index in [0.29, 0.717) is 6.04 Å². The molecule has 13 heavy (non-hydrogen) atoms. The van der Waals surface area contributed by atoms with Crippen molar-refractivity contribution in [1.29, 1.82) is 0 Å². The second-order valence-corrected chi connectivity index (χ2v) is 3.21. The van der Waals surface area contributed by atoms with E-state index in [-0.39, 0.29) is 0 Å². The number of ether oxygens (including phenoxy) is 1. The molecule has 1 aliphatic rings. The van der Waals surface area contributed by atoms with Crippen LogP contribution in [0.3, 0.4) is 0 Å². The summed E-state index contributed by atoms with van der Waals surface area (Å²) in [5, 5.41) is 7.89. The molecule has 1 saturated heterocycles. The zero-order valence-electron chi connectivity index (χ0n) is 7.68. The summed E-state index contributed by atoms with van der Waals surface area (Å²) in [5.74, 6) is 0.915. The molecule has 0 bridgehead atoms. The molecule has 2 heterocycles. The smallest absolute Gasteiger partial charge is 0.151 e. The Hall–Kier alpha value is -1.16. The van der Waals surface area contributed by atoms with Gasteiger partial charge in [0, 0.05) is 19.9 Å². The average molecular weight is 179 g/mol. The Labute approximate surface area is 77.5 Å². The van der Waals surface area contributed by atoms with Gasteiger partial charge in [0.15, 0.2) is 5.82 Å². The second-order valence-electron chi connectivity index (χ2n) is 3.21. The molecular formula is C9H13N3O. The number of anilines is 1. The largest absolute Gasteiger partial charge is 0.379 e. The molecule has 70 valence electrons. The van der Waals surface area contributed by atoms with Crippen LogP contribution in [-0.2, 0) is 4.74 Å². The fourth-order valence-electron chi connectivity index (χ4n) is 1.50. The highest BCUT2D eigenvalue weighted by molar-refractivity contribution is 5.36. The zero-order valence-corrected chi connectivity index (χ0v) is 7.68. The van der Waals surface area contributed by atoms with E-state index in [1.54, 1.807) is 6.20 Å². The molecule has 0 aromatic carbocycles. The van der Waals surface area contributed by atoms with Gasteiger partial charge in [0.2, 0.25) is 0 Å². The Morgan fingerprint density at radius 2 is 2.54 bits per heavy atom. The minimum Gasteiger partial charge on any atom is -0.379 e. The van der Waals surface area contributed by atoms with Gasteiger partial charge in [0.25, 0.3) is 0 Å². The van der Waals surface area contributed by atoms with Gasteiger partial charge >= 0.3 is 0 Å². The van der Waals surface area contributed by atoms with Crippen LogP contribution in [0.5, 0.6) is 0 Å². The number of nitrogens with zero attached hydrogens (tertiary/aromatic N) is 3. The molecule has 1 atom stereocenters.